The smallest absolute Gasteiger partial charge is 0.342 e. The summed E-state index contributed by atoms with van der Waals surface area (Å²) in [7, 11) is -0.107. The van der Waals surface area contributed by atoms with E-state index in [2.05, 4.69) is 0 Å². The highest BCUT2D eigenvalue weighted by Gasteiger charge is 2.33. The minimum atomic E-state index is -3.08. The van der Waals surface area contributed by atoms with Crippen LogP contribution in [-0.2, 0) is 19.4 Å². The minimum Gasteiger partial charge on any atom is -0.496 e. The van der Waals surface area contributed by atoms with E-state index in [1.165, 1.54) is 30.8 Å². The molecule has 1 aromatic rings. The number of amides is 1. The van der Waals surface area contributed by atoms with Gasteiger partial charge in [0.25, 0.3) is 5.91 Å². The van der Waals surface area contributed by atoms with E-state index < -0.39 is 28.3 Å². The van der Waals surface area contributed by atoms with Gasteiger partial charge in [0.2, 0.25) is 0 Å². The number of ether oxygens (including phenoxy) is 2. The van der Waals surface area contributed by atoms with Gasteiger partial charge in [0, 0.05) is 18.0 Å². The van der Waals surface area contributed by atoms with Gasteiger partial charge in [-0.05, 0) is 30.9 Å². The summed E-state index contributed by atoms with van der Waals surface area (Å²) >= 11 is 1.51. The molecule has 0 bridgehead atoms. The van der Waals surface area contributed by atoms with Crippen LogP contribution >= 0.6 is 11.8 Å². The van der Waals surface area contributed by atoms with Gasteiger partial charge in [0.05, 0.1) is 18.6 Å². The summed E-state index contributed by atoms with van der Waals surface area (Å²) in [4.78, 5) is 26.6. The Morgan fingerprint density at radius 2 is 2.08 bits per heavy atom. The molecule has 0 unspecified atom stereocenters. The predicted octanol–water partition coefficient (Wildman–Crippen LogP) is 1.22. The molecule has 9 heteroatoms. The molecule has 1 amide bonds. The Balaban J connectivity index is 1.96. The Bertz CT molecular complexity index is 762. The SMILES string of the molecule is COc1cc(SC)ccc1C(=O)OCC(=O)N(C)[C@@H]1CCS(=O)(=O)C1. The molecule has 1 heterocycles. The van der Waals surface area contributed by atoms with Gasteiger partial charge in [-0.1, -0.05) is 0 Å². The summed E-state index contributed by atoms with van der Waals surface area (Å²) in [5.74, 6) is -0.693. The fourth-order valence-electron chi connectivity index (χ4n) is 2.56. The van der Waals surface area contributed by atoms with Crippen LogP contribution in [0.2, 0.25) is 0 Å². The summed E-state index contributed by atoms with van der Waals surface area (Å²) in [6.07, 6.45) is 2.31. The second-order valence-corrected chi connectivity index (χ2v) is 8.81. The van der Waals surface area contributed by atoms with E-state index in [0.717, 1.165) is 4.90 Å². The summed E-state index contributed by atoms with van der Waals surface area (Å²) < 4.78 is 33.3. The van der Waals surface area contributed by atoms with Crippen LogP contribution in [-0.4, -0.2) is 69.8 Å². The van der Waals surface area contributed by atoms with E-state index in [4.69, 9.17) is 9.47 Å². The molecule has 1 aliphatic heterocycles. The first-order chi connectivity index (χ1) is 11.8. The van der Waals surface area contributed by atoms with Crippen molar-refractivity contribution in [3.63, 3.8) is 0 Å². The summed E-state index contributed by atoms with van der Waals surface area (Å²) in [6, 6.07) is 4.70. The Hall–Kier alpha value is -1.74. The standard InChI is InChI=1S/C16H21NO6S2/c1-17(11-6-7-25(20,21)10-11)15(18)9-23-16(19)13-5-4-12(24-3)8-14(13)22-2/h4-5,8,11H,6-7,9-10H2,1-3H3/t11-/m1/s1. The first kappa shape index (κ1) is 19.6. The summed E-state index contributed by atoms with van der Waals surface area (Å²) in [5, 5.41) is 0. The Morgan fingerprint density at radius 3 is 2.64 bits per heavy atom. The van der Waals surface area contributed by atoms with Gasteiger partial charge in [-0.2, -0.15) is 0 Å². The van der Waals surface area contributed by atoms with Gasteiger partial charge in [-0.25, -0.2) is 13.2 Å². The first-order valence-corrected chi connectivity index (χ1v) is 10.7. The zero-order valence-electron chi connectivity index (χ0n) is 14.4. The van der Waals surface area contributed by atoms with Crippen LogP contribution in [0.4, 0.5) is 0 Å². The van der Waals surface area contributed by atoms with Gasteiger partial charge in [0.1, 0.15) is 11.3 Å². The highest BCUT2D eigenvalue weighted by Crippen LogP contribution is 2.26. The average Bonchev–Trinajstić information content (AvgIpc) is 2.97. The minimum absolute atomic E-state index is 0.0485. The molecule has 0 radical (unpaired) electrons. The van der Waals surface area contributed by atoms with Crippen LogP contribution in [0.1, 0.15) is 16.8 Å². The lowest BCUT2D eigenvalue weighted by molar-refractivity contribution is -0.134. The van der Waals surface area contributed by atoms with Crippen molar-refractivity contribution in [1.29, 1.82) is 0 Å². The number of methoxy groups -OCH3 is 1. The fourth-order valence-corrected chi connectivity index (χ4v) is 4.76. The van der Waals surface area contributed by atoms with Crippen molar-refractivity contribution in [3.8, 4) is 5.75 Å². The number of carbonyl (C=O) groups is 2. The predicted molar refractivity (Wildman–Crippen MR) is 94.9 cm³/mol. The van der Waals surface area contributed by atoms with Gasteiger partial charge in [-0.15, -0.1) is 11.8 Å². The largest absolute Gasteiger partial charge is 0.496 e. The van der Waals surface area contributed by atoms with Crippen LogP contribution in [0.3, 0.4) is 0 Å². The van der Waals surface area contributed by atoms with Crippen molar-refractivity contribution in [2.45, 2.75) is 17.4 Å². The summed E-state index contributed by atoms with van der Waals surface area (Å²) in [5.41, 5.74) is 0.235. The molecule has 138 valence electrons. The van der Waals surface area contributed by atoms with Gasteiger partial charge in [-0.3, -0.25) is 4.79 Å². The molecular formula is C16H21NO6S2. The van der Waals surface area contributed by atoms with Crippen LogP contribution in [0.25, 0.3) is 0 Å². The van der Waals surface area contributed by atoms with Crippen molar-refractivity contribution in [1.82, 2.24) is 4.90 Å². The van der Waals surface area contributed by atoms with E-state index in [1.54, 1.807) is 18.2 Å². The molecule has 0 aliphatic carbocycles. The van der Waals surface area contributed by atoms with Crippen molar-refractivity contribution in [2.24, 2.45) is 0 Å². The monoisotopic (exact) mass is 387 g/mol. The van der Waals surface area contributed by atoms with E-state index in [0.29, 0.717) is 12.2 Å². The molecule has 2 rings (SSSR count). The molecule has 0 spiro atoms. The van der Waals surface area contributed by atoms with Crippen LogP contribution < -0.4 is 4.74 Å². The molecular weight excluding hydrogens is 366 g/mol. The van der Waals surface area contributed by atoms with Crippen LogP contribution in [0.15, 0.2) is 23.1 Å². The number of sulfone groups is 1. The molecule has 25 heavy (non-hydrogen) atoms. The number of likely N-dealkylation sites (N-methyl/N-ethyl adjacent to an activating group) is 1. The molecule has 0 saturated carbocycles. The van der Waals surface area contributed by atoms with Gasteiger partial charge in [0.15, 0.2) is 16.4 Å². The molecule has 1 fully saturated rings. The molecule has 1 aliphatic rings. The molecule has 0 aromatic heterocycles. The zero-order chi connectivity index (χ0) is 18.6. The zero-order valence-corrected chi connectivity index (χ0v) is 16.0. The van der Waals surface area contributed by atoms with Crippen molar-refractivity contribution in [3.05, 3.63) is 23.8 Å². The topological polar surface area (TPSA) is 90.0 Å². The Labute approximate surface area is 151 Å². The number of benzene rings is 1. The number of rotatable bonds is 6. The number of thioether (sulfide) groups is 1. The maximum Gasteiger partial charge on any atom is 0.342 e. The summed E-state index contributed by atoms with van der Waals surface area (Å²) in [6.45, 7) is -0.445. The maximum absolute atomic E-state index is 12.2. The highest BCUT2D eigenvalue weighted by molar-refractivity contribution is 7.98. The second-order valence-electron chi connectivity index (χ2n) is 5.70. The molecule has 7 nitrogen and oxygen atoms in total. The third-order valence-corrected chi connectivity index (χ3v) is 6.58. The number of hydrogen-bond acceptors (Lipinski definition) is 7. The van der Waals surface area contributed by atoms with E-state index in [-0.39, 0.29) is 23.1 Å². The molecule has 1 aromatic carbocycles. The van der Waals surface area contributed by atoms with E-state index in [1.807, 2.05) is 6.26 Å². The molecule has 1 atom stereocenters. The Morgan fingerprint density at radius 1 is 1.36 bits per heavy atom. The molecule has 1 saturated heterocycles. The average molecular weight is 387 g/mol. The fraction of sp³-hybridized carbons (Fsp3) is 0.500. The Kier molecular flexibility index (Phi) is 6.34. The first-order valence-electron chi connectivity index (χ1n) is 7.62. The third-order valence-electron chi connectivity index (χ3n) is 4.10. The lowest BCUT2D eigenvalue weighted by Gasteiger charge is -2.23. The normalized spacial score (nSPS) is 18.6. The van der Waals surface area contributed by atoms with Crippen LogP contribution in [0, 0.1) is 0 Å². The van der Waals surface area contributed by atoms with E-state index in [9.17, 15) is 18.0 Å². The van der Waals surface area contributed by atoms with Gasteiger partial charge < -0.3 is 14.4 Å². The van der Waals surface area contributed by atoms with E-state index >= 15 is 0 Å². The van der Waals surface area contributed by atoms with Crippen molar-refractivity contribution >= 4 is 33.5 Å². The van der Waals surface area contributed by atoms with Crippen molar-refractivity contribution in [2.75, 3.05) is 38.5 Å². The number of nitrogens with zero attached hydrogens (tertiary/aromatic N) is 1. The van der Waals surface area contributed by atoms with Crippen LogP contribution in [0.5, 0.6) is 5.75 Å². The van der Waals surface area contributed by atoms with Crippen molar-refractivity contribution < 1.29 is 27.5 Å². The second kappa shape index (κ2) is 8.09. The lowest BCUT2D eigenvalue weighted by atomic mass is 10.2. The van der Waals surface area contributed by atoms with Gasteiger partial charge >= 0.3 is 5.97 Å². The lowest BCUT2D eigenvalue weighted by Crippen LogP contribution is -2.40. The number of esters is 1. The molecule has 0 N–H and O–H groups in total. The maximum atomic E-state index is 12.2. The number of carbonyl (C=O) groups excluding carboxylic acids is 2. The third kappa shape index (κ3) is 4.88. The number of hydrogen-bond donors (Lipinski definition) is 0. The highest BCUT2D eigenvalue weighted by atomic mass is 32.2. The quantitative estimate of drug-likeness (QED) is 0.535.